The van der Waals surface area contributed by atoms with E-state index in [1.54, 1.807) is 11.8 Å². The first-order chi connectivity index (χ1) is 9.19. The quantitative estimate of drug-likeness (QED) is 0.453. The van der Waals surface area contributed by atoms with Crippen molar-refractivity contribution in [2.45, 2.75) is 31.2 Å². The van der Waals surface area contributed by atoms with Gasteiger partial charge < -0.3 is 10.1 Å². The van der Waals surface area contributed by atoms with Crippen molar-refractivity contribution in [2.75, 3.05) is 19.4 Å². The van der Waals surface area contributed by atoms with Crippen LogP contribution in [0.3, 0.4) is 0 Å². The number of esters is 1. The van der Waals surface area contributed by atoms with Crippen LogP contribution in [-0.2, 0) is 16.1 Å². The molecule has 0 spiro atoms. The minimum Gasteiger partial charge on any atom is -0.469 e. The SMILES string of the molecule is CCCNCc1cccc(Cl)c1SCCC(=O)OC. The molecule has 0 aromatic heterocycles. The van der Waals surface area contributed by atoms with E-state index < -0.39 is 0 Å². The number of hydrogen-bond donors (Lipinski definition) is 1. The number of halogens is 1. The highest BCUT2D eigenvalue weighted by Crippen LogP contribution is 2.31. The molecule has 0 unspecified atom stereocenters. The summed E-state index contributed by atoms with van der Waals surface area (Å²) in [5, 5.41) is 4.11. The molecule has 106 valence electrons. The van der Waals surface area contributed by atoms with E-state index >= 15 is 0 Å². The molecule has 1 rings (SSSR count). The van der Waals surface area contributed by atoms with Gasteiger partial charge in [-0.05, 0) is 24.6 Å². The van der Waals surface area contributed by atoms with Gasteiger partial charge in [0, 0.05) is 17.2 Å². The molecule has 19 heavy (non-hydrogen) atoms. The van der Waals surface area contributed by atoms with E-state index in [1.807, 2.05) is 12.1 Å². The Bertz CT molecular complexity index is 412. The Balaban J connectivity index is 2.61. The van der Waals surface area contributed by atoms with Gasteiger partial charge in [0.1, 0.15) is 0 Å². The largest absolute Gasteiger partial charge is 0.469 e. The molecule has 0 saturated heterocycles. The zero-order chi connectivity index (χ0) is 14.1. The predicted octanol–water partition coefficient (Wildman–Crippen LogP) is 3.49. The van der Waals surface area contributed by atoms with Crippen LogP contribution in [0.15, 0.2) is 23.1 Å². The molecule has 0 aliphatic rings. The summed E-state index contributed by atoms with van der Waals surface area (Å²) in [5.74, 6) is 0.488. The number of ether oxygens (including phenoxy) is 1. The van der Waals surface area contributed by atoms with Crippen molar-refractivity contribution in [3.8, 4) is 0 Å². The van der Waals surface area contributed by atoms with Gasteiger partial charge >= 0.3 is 5.97 Å². The minimum atomic E-state index is -0.190. The van der Waals surface area contributed by atoms with E-state index in [9.17, 15) is 4.79 Å². The summed E-state index contributed by atoms with van der Waals surface area (Å²) >= 11 is 7.83. The van der Waals surface area contributed by atoms with Gasteiger partial charge in [-0.15, -0.1) is 11.8 Å². The second-order valence-corrected chi connectivity index (χ2v) is 5.59. The highest BCUT2D eigenvalue weighted by molar-refractivity contribution is 7.99. The fraction of sp³-hybridized carbons (Fsp3) is 0.500. The Morgan fingerprint density at radius 1 is 1.47 bits per heavy atom. The zero-order valence-electron chi connectivity index (χ0n) is 11.4. The van der Waals surface area contributed by atoms with Gasteiger partial charge in [-0.2, -0.15) is 0 Å². The van der Waals surface area contributed by atoms with Crippen LogP contribution in [0, 0.1) is 0 Å². The third-order valence-corrected chi connectivity index (χ3v) is 4.18. The lowest BCUT2D eigenvalue weighted by Gasteiger charge is -2.11. The maximum Gasteiger partial charge on any atom is 0.306 e. The van der Waals surface area contributed by atoms with Gasteiger partial charge in [-0.25, -0.2) is 0 Å². The van der Waals surface area contributed by atoms with E-state index in [0.717, 1.165) is 29.4 Å². The molecule has 1 aromatic rings. The van der Waals surface area contributed by atoms with Crippen LogP contribution in [0.2, 0.25) is 5.02 Å². The smallest absolute Gasteiger partial charge is 0.306 e. The molecule has 0 saturated carbocycles. The van der Waals surface area contributed by atoms with Crippen LogP contribution >= 0.6 is 23.4 Å². The van der Waals surface area contributed by atoms with E-state index in [4.69, 9.17) is 11.6 Å². The number of methoxy groups -OCH3 is 1. The fourth-order valence-electron chi connectivity index (χ4n) is 1.59. The molecule has 0 bridgehead atoms. The summed E-state index contributed by atoms with van der Waals surface area (Å²) in [7, 11) is 1.41. The number of thioether (sulfide) groups is 1. The minimum absolute atomic E-state index is 0.190. The van der Waals surface area contributed by atoms with Crippen LogP contribution < -0.4 is 5.32 Å². The number of rotatable bonds is 8. The molecular formula is C14H20ClNO2S. The van der Waals surface area contributed by atoms with Crippen LogP contribution in [-0.4, -0.2) is 25.4 Å². The molecule has 0 aliphatic carbocycles. The Kier molecular flexibility index (Phi) is 7.94. The summed E-state index contributed by atoms with van der Waals surface area (Å²) < 4.78 is 4.63. The van der Waals surface area contributed by atoms with E-state index in [-0.39, 0.29) is 5.97 Å². The topological polar surface area (TPSA) is 38.3 Å². The van der Waals surface area contributed by atoms with Crippen molar-refractivity contribution in [3.05, 3.63) is 28.8 Å². The summed E-state index contributed by atoms with van der Waals surface area (Å²) in [6, 6.07) is 5.90. The fourth-order valence-corrected chi connectivity index (χ4v) is 2.95. The average molecular weight is 302 g/mol. The zero-order valence-corrected chi connectivity index (χ0v) is 12.9. The first-order valence-electron chi connectivity index (χ1n) is 6.36. The van der Waals surface area contributed by atoms with Gasteiger partial charge in [0.05, 0.1) is 18.6 Å². The van der Waals surface area contributed by atoms with Crippen LogP contribution in [0.4, 0.5) is 0 Å². The molecule has 0 atom stereocenters. The van der Waals surface area contributed by atoms with Crippen LogP contribution in [0.1, 0.15) is 25.3 Å². The lowest BCUT2D eigenvalue weighted by atomic mass is 10.2. The lowest BCUT2D eigenvalue weighted by molar-refractivity contribution is -0.140. The molecule has 0 heterocycles. The van der Waals surface area contributed by atoms with Crippen molar-refractivity contribution >= 4 is 29.3 Å². The standard InChI is InChI=1S/C14H20ClNO2S/c1-3-8-16-10-11-5-4-6-12(15)14(11)19-9-7-13(17)18-2/h4-6,16H,3,7-10H2,1-2H3. The second-order valence-electron chi connectivity index (χ2n) is 4.08. The highest BCUT2D eigenvalue weighted by Gasteiger charge is 2.09. The van der Waals surface area contributed by atoms with E-state index in [1.165, 1.54) is 12.7 Å². The molecule has 0 aliphatic heterocycles. The summed E-state index contributed by atoms with van der Waals surface area (Å²) in [6.45, 7) is 3.92. The van der Waals surface area contributed by atoms with Gasteiger partial charge in [-0.1, -0.05) is 30.7 Å². The van der Waals surface area contributed by atoms with Gasteiger partial charge in [0.2, 0.25) is 0 Å². The molecule has 1 aromatic carbocycles. The number of nitrogens with one attached hydrogen (secondary N) is 1. The van der Waals surface area contributed by atoms with Crippen molar-refractivity contribution in [1.29, 1.82) is 0 Å². The van der Waals surface area contributed by atoms with Crippen LogP contribution in [0.5, 0.6) is 0 Å². The second kappa shape index (κ2) is 9.23. The molecule has 0 radical (unpaired) electrons. The van der Waals surface area contributed by atoms with Crippen molar-refractivity contribution < 1.29 is 9.53 Å². The third-order valence-electron chi connectivity index (χ3n) is 2.57. The Hall–Kier alpha value is -0.710. The molecule has 1 N–H and O–H groups in total. The summed E-state index contributed by atoms with van der Waals surface area (Å²) in [4.78, 5) is 12.2. The molecule has 3 nitrogen and oxygen atoms in total. The van der Waals surface area contributed by atoms with Crippen molar-refractivity contribution in [1.82, 2.24) is 5.32 Å². The van der Waals surface area contributed by atoms with Gasteiger partial charge in [0.15, 0.2) is 0 Å². The number of carbonyl (C=O) groups is 1. The lowest BCUT2D eigenvalue weighted by Crippen LogP contribution is -2.14. The van der Waals surface area contributed by atoms with Gasteiger partial charge in [0.25, 0.3) is 0 Å². The maximum absolute atomic E-state index is 11.1. The van der Waals surface area contributed by atoms with Crippen molar-refractivity contribution in [3.63, 3.8) is 0 Å². The number of benzene rings is 1. The van der Waals surface area contributed by atoms with Crippen LogP contribution in [0.25, 0.3) is 0 Å². The number of hydrogen-bond acceptors (Lipinski definition) is 4. The predicted molar refractivity (Wildman–Crippen MR) is 80.8 cm³/mol. The Morgan fingerprint density at radius 2 is 2.26 bits per heavy atom. The van der Waals surface area contributed by atoms with Crippen molar-refractivity contribution in [2.24, 2.45) is 0 Å². The maximum atomic E-state index is 11.1. The molecule has 0 amide bonds. The van der Waals surface area contributed by atoms with E-state index in [2.05, 4.69) is 23.0 Å². The van der Waals surface area contributed by atoms with Gasteiger partial charge in [-0.3, -0.25) is 4.79 Å². The Labute approximate surface area is 124 Å². The summed E-state index contributed by atoms with van der Waals surface area (Å²) in [5.41, 5.74) is 1.18. The first-order valence-corrected chi connectivity index (χ1v) is 7.73. The normalized spacial score (nSPS) is 10.5. The highest BCUT2D eigenvalue weighted by atomic mass is 35.5. The first kappa shape index (κ1) is 16.3. The average Bonchev–Trinajstić information content (AvgIpc) is 2.41. The molecule has 0 fully saturated rings. The molecular weight excluding hydrogens is 282 g/mol. The monoisotopic (exact) mass is 301 g/mol. The molecule has 5 heteroatoms. The Morgan fingerprint density at radius 3 is 2.95 bits per heavy atom. The third kappa shape index (κ3) is 5.85. The summed E-state index contributed by atoms with van der Waals surface area (Å²) in [6.07, 6.45) is 1.50. The van der Waals surface area contributed by atoms with E-state index in [0.29, 0.717) is 12.2 Å². The number of carbonyl (C=O) groups excluding carboxylic acids is 1.